The number of hydrogen-bond donors (Lipinski definition) is 0. The molecule has 0 N–H and O–H groups in total. The van der Waals surface area contributed by atoms with Crippen LogP contribution in [0.25, 0.3) is 0 Å². The molecule has 0 aliphatic heterocycles. The van der Waals surface area contributed by atoms with E-state index in [4.69, 9.17) is 0 Å². The van der Waals surface area contributed by atoms with Gasteiger partial charge >= 0.3 is 0 Å². The zero-order chi connectivity index (χ0) is 0. The Balaban J connectivity index is 0. The van der Waals surface area contributed by atoms with Gasteiger partial charge in [-0.25, -0.2) is 0 Å². The van der Waals surface area contributed by atoms with Crippen molar-refractivity contribution in [1.82, 2.24) is 0 Å². The van der Waals surface area contributed by atoms with Crippen molar-refractivity contribution < 1.29 is 141 Å². The molecule has 0 aliphatic carbocycles. The monoisotopic (exact) mass is 818 g/mol. The minimum Gasteiger partial charge on any atom is -1.00 e. The van der Waals surface area contributed by atoms with Crippen molar-refractivity contribution in [2.45, 2.75) is 0 Å². The van der Waals surface area contributed by atoms with E-state index in [-0.39, 0.29) is 141 Å². The van der Waals surface area contributed by atoms with Crippen LogP contribution in [0.5, 0.6) is 0 Å². The molecular formula is I5W-5. The zero-order valence-corrected chi connectivity index (χ0v) is 16.0. The van der Waals surface area contributed by atoms with E-state index >= 15 is 0 Å². The topological polar surface area (TPSA) is 0 Å². The van der Waals surface area contributed by atoms with E-state index in [9.17, 15) is 0 Å². The second kappa shape index (κ2) is 34.5. The fraction of sp³-hybridized carbons (Fsp3) is 0. The van der Waals surface area contributed by atoms with E-state index in [1.54, 1.807) is 0 Å². The third kappa shape index (κ3) is 23.9. The molecule has 0 amide bonds. The number of halogens is 5. The predicted molar refractivity (Wildman–Crippen MR) is 0 cm³/mol. The minimum atomic E-state index is 0. The van der Waals surface area contributed by atoms with Gasteiger partial charge in [0.2, 0.25) is 0 Å². The third-order valence-corrected chi connectivity index (χ3v) is 0. The first-order valence-corrected chi connectivity index (χ1v) is 0. The molecule has 0 atom stereocenters. The summed E-state index contributed by atoms with van der Waals surface area (Å²) in [6, 6.07) is 0. The van der Waals surface area contributed by atoms with Crippen LogP contribution >= 0.6 is 0 Å². The Kier molecular flexibility index (Phi) is 275. The molecule has 6 heteroatoms. The van der Waals surface area contributed by atoms with Crippen LogP contribution in [-0.4, -0.2) is 0 Å². The van der Waals surface area contributed by atoms with Crippen molar-refractivity contribution >= 4 is 0 Å². The molecule has 0 aromatic rings. The minimum absolute atomic E-state index is 0. The Morgan fingerprint density at radius 3 is 0.333 bits per heavy atom. The van der Waals surface area contributed by atoms with Gasteiger partial charge < -0.3 is 120 Å². The van der Waals surface area contributed by atoms with Crippen LogP contribution in [0.3, 0.4) is 0 Å². The summed E-state index contributed by atoms with van der Waals surface area (Å²) in [5, 5.41) is 0. The predicted octanol–water partition coefficient (Wildman–Crippen LogP) is -15.0. The maximum atomic E-state index is 0. The summed E-state index contributed by atoms with van der Waals surface area (Å²) >= 11 is 0. The molecule has 0 radical (unpaired) electrons. The van der Waals surface area contributed by atoms with Crippen molar-refractivity contribution in [2.75, 3.05) is 0 Å². The van der Waals surface area contributed by atoms with E-state index in [0.29, 0.717) is 0 Å². The molecule has 0 aliphatic rings. The average Bonchev–Trinajstić information content (AvgIpc) is 0. The molecule has 46 valence electrons. The third-order valence-electron chi connectivity index (χ3n) is 0. The zero-order valence-electron chi connectivity index (χ0n) is 2.30. The first-order chi connectivity index (χ1) is 0. The van der Waals surface area contributed by atoms with E-state index in [2.05, 4.69) is 0 Å². The smallest absolute Gasteiger partial charge is 0 e. The molecule has 0 fully saturated rings. The summed E-state index contributed by atoms with van der Waals surface area (Å²) in [6.07, 6.45) is 0. The number of hydrogen-bond acceptors (Lipinski definition) is 0. The van der Waals surface area contributed by atoms with Crippen molar-refractivity contribution in [2.24, 2.45) is 0 Å². The molecule has 0 aromatic heterocycles. The molecule has 0 heterocycles. The molecule has 0 nitrogen and oxygen atoms in total. The fourth-order valence-electron chi connectivity index (χ4n) is 0. The van der Waals surface area contributed by atoms with Crippen molar-refractivity contribution in [1.29, 1.82) is 0 Å². The van der Waals surface area contributed by atoms with Crippen LogP contribution < -0.4 is 120 Å². The van der Waals surface area contributed by atoms with Gasteiger partial charge in [0.15, 0.2) is 0 Å². The summed E-state index contributed by atoms with van der Waals surface area (Å²) in [4.78, 5) is 0. The average molecular weight is 818 g/mol. The van der Waals surface area contributed by atoms with Gasteiger partial charge in [-0.15, -0.1) is 0 Å². The van der Waals surface area contributed by atoms with Crippen LogP contribution in [0.15, 0.2) is 0 Å². The van der Waals surface area contributed by atoms with Crippen LogP contribution in [0.1, 0.15) is 0 Å². The maximum absolute atomic E-state index is 0. The van der Waals surface area contributed by atoms with Crippen molar-refractivity contribution in [3.8, 4) is 0 Å². The van der Waals surface area contributed by atoms with Crippen LogP contribution in [0.2, 0.25) is 0 Å². The van der Waals surface area contributed by atoms with Gasteiger partial charge in [0.05, 0.1) is 0 Å². The van der Waals surface area contributed by atoms with Gasteiger partial charge in [-0.1, -0.05) is 0 Å². The number of rotatable bonds is 0. The summed E-state index contributed by atoms with van der Waals surface area (Å²) in [5.74, 6) is 0. The molecule has 0 aromatic carbocycles. The normalized spacial score (nSPS) is 0. The Hall–Kier alpha value is 4.34. The van der Waals surface area contributed by atoms with Gasteiger partial charge in [0, 0.05) is 21.1 Å². The molecule has 6 heavy (non-hydrogen) atoms. The molecule has 0 rings (SSSR count). The van der Waals surface area contributed by atoms with Crippen LogP contribution in [-0.2, 0) is 21.1 Å². The molecule has 0 unspecified atom stereocenters. The van der Waals surface area contributed by atoms with Gasteiger partial charge in [-0.3, -0.25) is 0 Å². The van der Waals surface area contributed by atoms with Crippen LogP contribution in [0.4, 0.5) is 0 Å². The first kappa shape index (κ1) is 47.9. The van der Waals surface area contributed by atoms with Gasteiger partial charge in [0.25, 0.3) is 0 Å². The first-order valence-electron chi connectivity index (χ1n) is 0. The van der Waals surface area contributed by atoms with E-state index < -0.39 is 0 Å². The quantitative estimate of drug-likeness (QED) is 0.214. The van der Waals surface area contributed by atoms with Crippen LogP contribution in [0, 0.1) is 0 Å². The second-order valence-electron chi connectivity index (χ2n) is 0. The van der Waals surface area contributed by atoms with Gasteiger partial charge in [0.1, 0.15) is 0 Å². The van der Waals surface area contributed by atoms with Crippen molar-refractivity contribution in [3.05, 3.63) is 0 Å². The maximum Gasteiger partial charge on any atom is 0 e. The molecule has 0 saturated carbocycles. The standard InChI is InChI=1S/5HI.W/h5*1H;/p-5. The van der Waals surface area contributed by atoms with E-state index in [1.807, 2.05) is 0 Å². The SMILES string of the molecule is [I-].[I-].[I-].[I-].[I-].[W]. The summed E-state index contributed by atoms with van der Waals surface area (Å²) in [5.41, 5.74) is 0. The molecule has 0 spiro atoms. The van der Waals surface area contributed by atoms with Crippen molar-refractivity contribution in [3.63, 3.8) is 0 Å². The second-order valence-corrected chi connectivity index (χ2v) is 0. The Labute approximate surface area is 137 Å². The fourth-order valence-corrected chi connectivity index (χ4v) is 0. The van der Waals surface area contributed by atoms with Gasteiger partial charge in [-0.05, 0) is 0 Å². The Morgan fingerprint density at radius 2 is 0.333 bits per heavy atom. The Morgan fingerprint density at radius 1 is 0.333 bits per heavy atom. The van der Waals surface area contributed by atoms with E-state index in [0.717, 1.165) is 0 Å². The summed E-state index contributed by atoms with van der Waals surface area (Å²) < 4.78 is 0. The Bertz CT molecular complexity index is 3.90. The summed E-state index contributed by atoms with van der Waals surface area (Å²) in [6.45, 7) is 0. The van der Waals surface area contributed by atoms with E-state index in [1.165, 1.54) is 0 Å². The molecule has 0 bridgehead atoms. The largest absolute Gasteiger partial charge is 1.00 e. The summed E-state index contributed by atoms with van der Waals surface area (Å²) in [7, 11) is 0. The van der Waals surface area contributed by atoms with Gasteiger partial charge in [-0.2, -0.15) is 0 Å². The molecular weight excluding hydrogens is 818 g/mol. The molecule has 0 saturated heterocycles.